The van der Waals surface area contributed by atoms with Crippen LogP contribution in [0.15, 0.2) is 77.4 Å². The Hall–Kier alpha value is -4.10. The van der Waals surface area contributed by atoms with Crippen molar-refractivity contribution in [2.24, 2.45) is 5.73 Å². The predicted octanol–water partition coefficient (Wildman–Crippen LogP) is 5.54. The van der Waals surface area contributed by atoms with E-state index in [9.17, 15) is 9.59 Å². The van der Waals surface area contributed by atoms with Crippen molar-refractivity contribution in [1.82, 2.24) is 5.48 Å². The number of nitrogens with two attached hydrogens (primary N) is 1. The molecule has 37 heavy (non-hydrogen) atoms. The van der Waals surface area contributed by atoms with Gasteiger partial charge in [-0.1, -0.05) is 43.3 Å². The van der Waals surface area contributed by atoms with Crippen LogP contribution in [0.1, 0.15) is 49.3 Å². The second kappa shape index (κ2) is 10.5. The van der Waals surface area contributed by atoms with Crippen molar-refractivity contribution in [3.05, 3.63) is 89.7 Å². The third-order valence-corrected chi connectivity index (χ3v) is 6.78. The first kappa shape index (κ1) is 24.6. The van der Waals surface area contributed by atoms with Crippen LogP contribution in [0, 0.1) is 0 Å². The van der Waals surface area contributed by atoms with E-state index in [4.69, 9.17) is 19.7 Å². The summed E-state index contributed by atoms with van der Waals surface area (Å²) in [5, 5.41) is 0.981. The van der Waals surface area contributed by atoms with Crippen LogP contribution in [0.2, 0.25) is 0 Å². The lowest BCUT2D eigenvalue weighted by Gasteiger charge is -2.19. The van der Waals surface area contributed by atoms with Gasteiger partial charge in [-0.25, -0.2) is 4.79 Å². The second-order valence-electron chi connectivity index (χ2n) is 9.41. The van der Waals surface area contributed by atoms with Gasteiger partial charge in [0.05, 0.1) is 11.7 Å². The summed E-state index contributed by atoms with van der Waals surface area (Å²) in [4.78, 5) is 29.7. The molecular weight excluding hydrogens is 468 g/mol. The van der Waals surface area contributed by atoms with Gasteiger partial charge < -0.3 is 19.7 Å². The summed E-state index contributed by atoms with van der Waals surface area (Å²) in [5.74, 6) is -0.137. The molecule has 5 rings (SSSR count). The standard InChI is InChI=1S/C30H30N2O5/c1-2-6-27(33)37-32-29(34)30(12-13-30)25-9-3-4-10-26(25)36-19-21-16-23-11-14-35-28(23)24(17-21)22-8-5-7-20(15-22)18-31/h3-5,7-11,14-17H,2,6,12-13,18-19,31H2,1H3,(H,32,34). The van der Waals surface area contributed by atoms with Crippen LogP contribution in [-0.4, -0.2) is 11.9 Å². The zero-order chi connectivity index (χ0) is 25.8. The number of nitrogens with one attached hydrogen (secondary N) is 1. The number of furan rings is 1. The Bertz CT molecular complexity index is 1440. The maximum Gasteiger partial charge on any atom is 0.332 e. The maximum absolute atomic E-state index is 13.0. The normalized spacial score (nSPS) is 13.8. The zero-order valence-electron chi connectivity index (χ0n) is 20.8. The number of benzene rings is 3. The minimum atomic E-state index is -0.759. The molecule has 1 amide bonds. The molecule has 3 N–H and O–H groups in total. The Morgan fingerprint density at radius 2 is 1.86 bits per heavy atom. The topological polar surface area (TPSA) is 104 Å². The summed E-state index contributed by atoms with van der Waals surface area (Å²) >= 11 is 0. The lowest BCUT2D eigenvalue weighted by Crippen LogP contribution is -2.36. The molecule has 0 spiro atoms. The molecule has 0 atom stereocenters. The number of rotatable bonds is 9. The summed E-state index contributed by atoms with van der Waals surface area (Å²) in [5.41, 5.74) is 13.1. The fraction of sp³-hybridized carbons (Fsp3) is 0.267. The summed E-state index contributed by atoms with van der Waals surface area (Å²) in [7, 11) is 0. The fourth-order valence-electron chi connectivity index (χ4n) is 4.66. The highest BCUT2D eigenvalue weighted by molar-refractivity contribution is 5.93. The van der Waals surface area contributed by atoms with Crippen LogP contribution in [0.5, 0.6) is 5.75 Å². The Kier molecular flexibility index (Phi) is 6.97. The molecular formula is C30H30N2O5. The smallest absolute Gasteiger partial charge is 0.332 e. The maximum atomic E-state index is 13.0. The van der Waals surface area contributed by atoms with Crippen molar-refractivity contribution >= 4 is 22.8 Å². The molecule has 190 valence electrons. The Morgan fingerprint density at radius 1 is 1.03 bits per heavy atom. The molecule has 1 aliphatic rings. The van der Waals surface area contributed by atoms with Crippen molar-refractivity contribution in [1.29, 1.82) is 0 Å². The molecule has 0 bridgehead atoms. The molecule has 3 aromatic carbocycles. The number of carbonyl (C=O) groups is 2. The van der Waals surface area contributed by atoms with Crippen LogP contribution < -0.4 is 16.0 Å². The summed E-state index contributed by atoms with van der Waals surface area (Å²) < 4.78 is 12.1. The molecule has 0 saturated heterocycles. The van der Waals surface area contributed by atoms with Gasteiger partial charge in [0.1, 0.15) is 17.9 Å². The predicted molar refractivity (Wildman–Crippen MR) is 140 cm³/mol. The van der Waals surface area contributed by atoms with Crippen molar-refractivity contribution in [3.63, 3.8) is 0 Å². The van der Waals surface area contributed by atoms with E-state index in [1.165, 1.54) is 0 Å². The van der Waals surface area contributed by atoms with Gasteiger partial charge in [-0.05, 0) is 66.3 Å². The van der Waals surface area contributed by atoms with Gasteiger partial charge in [-0.15, -0.1) is 0 Å². The first-order valence-corrected chi connectivity index (χ1v) is 12.6. The first-order valence-electron chi connectivity index (χ1n) is 12.6. The van der Waals surface area contributed by atoms with Crippen molar-refractivity contribution in [3.8, 4) is 16.9 Å². The number of hydrogen-bond acceptors (Lipinski definition) is 6. The van der Waals surface area contributed by atoms with Crippen LogP contribution in [0.25, 0.3) is 22.1 Å². The molecule has 1 aromatic heterocycles. The Morgan fingerprint density at radius 3 is 2.65 bits per heavy atom. The van der Waals surface area contributed by atoms with E-state index in [1.54, 1.807) is 6.26 Å². The SMILES string of the molecule is CCCC(=O)ONC(=O)C1(c2ccccc2OCc2cc(-c3cccc(CN)c3)c3occc3c2)CC1. The third-order valence-electron chi connectivity index (χ3n) is 6.78. The van der Waals surface area contributed by atoms with Gasteiger partial charge in [-0.3, -0.25) is 4.79 Å². The van der Waals surface area contributed by atoms with E-state index in [2.05, 4.69) is 17.6 Å². The van der Waals surface area contributed by atoms with Gasteiger partial charge in [-0.2, -0.15) is 5.48 Å². The highest BCUT2D eigenvalue weighted by Gasteiger charge is 2.53. The summed E-state index contributed by atoms with van der Waals surface area (Å²) in [6.07, 6.45) is 3.91. The van der Waals surface area contributed by atoms with Gasteiger partial charge in [0.2, 0.25) is 0 Å². The molecule has 1 fully saturated rings. The van der Waals surface area contributed by atoms with E-state index in [-0.39, 0.29) is 12.3 Å². The first-order chi connectivity index (χ1) is 18.0. The van der Waals surface area contributed by atoms with Gasteiger partial charge in [0, 0.05) is 29.5 Å². The monoisotopic (exact) mass is 498 g/mol. The molecule has 4 aromatic rings. The lowest BCUT2D eigenvalue weighted by molar-refractivity contribution is -0.159. The number of para-hydroxylation sites is 1. The molecule has 1 heterocycles. The van der Waals surface area contributed by atoms with Crippen LogP contribution in [0.4, 0.5) is 0 Å². The average Bonchev–Trinajstić information content (AvgIpc) is 3.60. The van der Waals surface area contributed by atoms with Crippen molar-refractivity contribution in [2.75, 3.05) is 0 Å². The minimum Gasteiger partial charge on any atom is -0.489 e. The van der Waals surface area contributed by atoms with Crippen LogP contribution in [0.3, 0.4) is 0 Å². The highest BCUT2D eigenvalue weighted by Crippen LogP contribution is 2.51. The molecule has 0 unspecified atom stereocenters. The van der Waals surface area contributed by atoms with Crippen LogP contribution in [-0.2, 0) is 33.0 Å². The number of amides is 1. The number of ether oxygens (including phenoxy) is 1. The minimum absolute atomic E-state index is 0.256. The van der Waals surface area contributed by atoms with Crippen molar-refractivity contribution < 1.29 is 23.6 Å². The molecule has 7 nitrogen and oxygen atoms in total. The van der Waals surface area contributed by atoms with Crippen molar-refractivity contribution in [2.45, 2.75) is 51.2 Å². The molecule has 0 radical (unpaired) electrons. The third kappa shape index (κ3) is 5.08. The summed E-state index contributed by atoms with van der Waals surface area (Å²) in [6.45, 7) is 2.65. The zero-order valence-corrected chi connectivity index (χ0v) is 20.8. The average molecular weight is 499 g/mol. The summed E-state index contributed by atoms with van der Waals surface area (Å²) in [6, 6.07) is 21.7. The van der Waals surface area contributed by atoms with Gasteiger partial charge in [0.25, 0.3) is 5.91 Å². The number of fused-ring (bicyclic) bond motifs is 1. The number of hydroxylamine groups is 1. The lowest BCUT2D eigenvalue weighted by atomic mass is 9.94. The Balaban J connectivity index is 1.38. The van der Waals surface area contributed by atoms with E-state index in [1.807, 2.05) is 61.5 Å². The quantitative estimate of drug-likeness (QED) is 0.294. The molecule has 1 saturated carbocycles. The highest BCUT2D eigenvalue weighted by atomic mass is 16.7. The second-order valence-corrected chi connectivity index (χ2v) is 9.41. The van der Waals surface area contributed by atoms with Gasteiger partial charge in [0.15, 0.2) is 0 Å². The Labute approximate surface area is 215 Å². The molecule has 7 heteroatoms. The van der Waals surface area contributed by atoms with E-state index < -0.39 is 11.4 Å². The van der Waals surface area contributed by atoms with Gasteiger partial charge >= 0.3 is 5.97 Å². The number of carbonyl (C=O) groups excluding carboxylic acids is 2. The van der Waals surface area contributed by atoms with Crippen LogP contribution >= 0.6 is 0 Å². The number of hydrogen-bond donors (Lipinski definition) is 2. The van der Waals surface area contributed by atoms with E-state index >= 15 is 0 Å². The van der Waals surface area contributed by atoms with E-state index in [0.717, 1.165) is 38.8 Å². The fourth-order valence-corrected chi connectivity index (χ4v) is 4.66. The molecule has 1 aliphatic carbocycles. The van der Waals surface area contributed by atoms with E-state index in [0.29, 0.717) is 38.2 Å². The molecule has 0 aliphatic heterocycles. The largest absolute Gasteiger partial charge is 0.489 e.